The number of rotatable bonds is 37. The second kappa shape index (κ2) is 48.9. The molecule has 1 heterocycles. The summed E-state index contributed by atoms with van der Waals surface area (Å²) in [6.07, 6.45) is 8.77. The molecule has 0 N–H and O–H groups in total. The van der Waals surface area contributed by atoms with Crippen molar-refractivity contribution in [3.8, 4) is 0 Å². The maximum absolute atomic E-state index is 6.87. The van der Waals surface area contributed by atoms with E-state index in [0.29, 0.717) is 0 Å². The molecule has 0 aliphatic carbocycles. The van der Waals surface area contributed by atoms with Gasteiger partial charge in [-0.1, -0.05) is 422 Å². The summed E-state index contributed by atoms with van der Waals surface area (Å²) >= 11 is 0. The highest BCUT2D eigenvalue weighted by molar-refractivity contribution is 7.01. The molecule has 668 valence electrons. The summed E-state index contributed by atoms with van der Waals surface area (Å²) in [5, 5.41) is 4.36. The summed E-state index contributed by atoms with van der Waals surface area (Å²) in [6.45, 7) is 82.3. The predicted molar refractivity (Wildman–Crippen MR) is 572 cm³/mol. The number of nitrogens with zero attached hydrogens (tertiary/aromatic N) is 5. The fraction of sp³-hybridized carbons (Fsp3) is 0.381. The Morgan fingerprint density at radius 2 is 0.632 bits per heavy atom. The molecule has 12 heteroatoms. The summed E-state index contributed by atoms with van der Waals surface area (Å²) in [5.74, 6) is 0. The van der Waals surface area contributed by atoms with E-state index in [2.05, 4.69) is 467 Å². The molecule has 6 nitrogen and oxygen atoms in total. The van der Waals surface area contributed by atoms with Crippen LogP contribution in [0.2, 0.25) is 90.1 Å². The third-order valence-electron chi connectivity index (χ3n) is 26.3. The lowest BCUT2D eigenvalue weighted by molar-refractivity contribution is 0.381. The van der Waals surface area contributed by atoms with E-state index in [-0.39, 0.29) is 5.41 Å². The maximum Gasteiger partial charge on any atom is 0.291 e. The van der Waals surface area contributed by atoms with Crippen molar-refractivity contribution in [3.05, 3.63) is 372 Å². The number of fused-ring (bicyclic) bond motifs is 2. The Morgan fingerprint density at radius 3 is 0.928 bits per heavy atom. The van der Waals surface area contributed by atoms with Crippen molar-refractivity contribution in [2.24, 2.45) is 0 Å². The number of unbranched alkanes of at least 4 members (excludes halogenated alkanes) is 2. The van der Waals surface area contributed by atoms with Crippen molar-refractivity contribution in [1.82, 2.24) is 22.8 Å². The molecule has 0 saturated carbocycles. The van der Waals surface area contributed by atoms with Crippen LogP contribution in [0.1, 0.15) is 180 Å². The number of hydrogen-bond acceptors (Lipinski definition) is 6. The Morgan fingerprint density at radius 1 is 0.344 bits per heavy atom. The lowest BCUT2D eigenvalue weighted by Crippen LogP contribution is -2.70. The molecule has 1 aliphatic rings. The molecule has 0 spiro atoms. The van der Waals surface area contributed by atoms with Crippen molar-refractivity contribution in [3.63, 3.8) is 0 Å². The molecule has 1 atom stereocenters. The van der Waals surface area contributed by atoms with Gasteiger partial charge in [-0.3, -0.25) is 0 Å². The molecule has 1 unspecified atom stereocenters. The van der Waals surface area contributed by atoms with Gasteiger partial charge in [0.15, 0.2) is 16.6 Å². The first kappa shape index (κ1) is 104. The Bertz CT molecular complexity index is 4880. The van der Waals surface area contributed by atoms with Crippen molar-refractivity contribution in [1.29, 1.82) is 0 Å². The van der Waals surface area contributed by atoms with E-state index < -0.39 is 49.7 Å². The van der Waals surface area contributed by atoms with Crippen molar-refractivity contribution >= 4 is 93.2 Å². The van der Waals surface area contributed by atoms with Crippen molar-refractivity contribution in [2.75, 3.05) is 66.5 Å². The molecule has 0 bridgehead atoms. The van der Waals surface area contributed by atoms with Gasteiger partial charge in [0, 0.05) is 0 Å². The normalized spacial score (nSPS) is 13.1. The topological polar surface area (TPSA) is 25.4 Å². The van der Waals surface area contributed by atoms with Crippen molar-refractivity contribution in [2.45, 2.75) is 217 Å². The summed E-state index contributed by atoms with van der Waals surface area (Å²) in [7, 11) is -5.22. The minimum absolute atomic E-state index is 0.164. The standard InChI is InChI=1S/C26H41NOSi2.C26H39NSi.C22H31NSi.C20H27NSi.C19H23NSi/c1-11-27(12-2)30(10,28-29(7,8)9)25-19-15-23(16-20-25)21(3)22-13-17-24(18-14-22)26(4,5)6;1-6-8-20-27(21-9-7-2)28(4,5)22-19-24-15-17-26(18-16-24)23(3)25-13-11-10-12-14-25;1-6-23(7-2)24(4,5)18-17-20-13-15-22(16-14-20)19(3)21-11-9-8-10-12-21;1-17(19-9-7-6-8-10-19)20-13-11-18(12-14-20)15-16-22(4,5)21(2)3;1-5-20(6-2)21(4)18-13-9-7-11-16(18)15(3)17-12-8-10-14-19(17)21/h13-20H,3,11-12H2,1-2,4-10H3;10-18H,3,6-9,19-22H2,1-2,4-5H3;8-16H,3,6-7,17-18H2,1-2,4-5H3;6-14H,1,15-16H2,2-5H3;7-14H,3,5-6H2,1-2,4H3. The van der Waals surface area contributed by atoms with Gasteiger partial charge in [0.1, 0.15) is 24.7 Å². The van der Waals surface area contributed by atoms with Gasteiger partial charge < -0.3 is 26.9 Å². The Labute approximate surface area is 769 Å². The monoisotopic (exact) mass is 1770 g/mol. The van der Waals surface area contributed by atoms with E-state index in [9.17, 15) is 0 Å². The van der Waals surface area contributed by atoms with Crippen LogP contribution >= 0.6 is 0 Å². The van der Waals surface area contributed by atoms with Crippen LogP contribution in [0.4, 0.5) is 0 Å². The largest absolute Gasteiger partial charge is 0.441 e. The fourth-order valence-corrected chi connectivity index (χ4v) is 37.0. The minimum Gasteiger partial charge on any atom is -0.441 e. The highest BCUT2D eigenvalue weighted by atomic mass is 28.4. The molecule has 0 aromatic heterocycles. The van der Waals surface area contributed by atoms with Gasteiger partial charge in [0.2, 0.25) is 0 Å². The highest BCUT2D eigenvalue weighted by Gasteiger charge is 2.45. The minimum atomic E-state index is -2.19. The number of benzene rings is 10. The first-order valence-electron chi connectivity index (χ1n) is 47.0. The molecule has 10 aromatic rings. The molecular formula is C113H161N5OSi6. The van der Waals surface area contributed by atoms with Crippen molar-refractivity contribution < 1.29 is 4.12 Å². The van der Waals surface area contributed by atoms with E-state index in [1.54, 1.807) is 0 Å². The second-order valence-electron chi connectivity index (χ2n) is 38.4. The predicted octanol–water partition coefficient (Wildman–Crippen LogP) is 27.9. The van der Waals surface area contributed by atoms with Gasteiger partial charge in [-0.15, -0.1) is 0 Å². The van der Waals surface area contributed by atoms with Gasteiger partial charge >= 0.3 is 0 Å². The molecule has 1 aliphatic heterocycles. The summed E-state index contributed by atoms with van der Waals surface area (Å²) in [5.41, 5.74) is 23.6. The SMILES string of the molecule is C=C(c1ccc(C(C)(C)C)cc1)c1ccc([Si](C)(O[Si](C)(C)C)N(CC)CC)cc1.C=C(c1ccccc1)c1ccc(CC[Si](C)(C)N(C)C)cc1.C=C(c1ccccc1)c1ccc(CC[Si](C)(C)N(CC)CC)cc1.C=C(c1ccccc1)c1ccc(CC[Si](C)(C)N(CCCC)CCCC)cc1.C=C1c2ccccc2[Si](C)(N(CC)CC)c2ccccc21. The lowest BCUT2D eigenvalue weighted by atomic mass is 9.86. The maximum atomic E-state index is 6.87. The number of hydrogen-bond donors (Lipinski definition) is 0. The van der Waals surface area contributed by atoms with Crippen LogP contribution in [0.3, 0.4) is 0 Å². The zero-order valence-corrected chi connectivity index (χ0v) is 88.2. The van der Waals surface area contributed by atoms with E-state index in [4.69, 9.17) is 4.12 Å². The summed E-state index contributed by atoms with van der Waals surface area (Å²) < 4.78 is 20.0. The summed E-state index contributed by atoms with van der Waals surface area (Å²) in [6, 6.07) is 97.7. The van der Waals surface area contributed by atoms with Crippen LogP contribution in [0, 0.1) is 0 Å². The van der Waals surface area contributed by atoms with Gasteiger partial charge in [-0.25, -0.2) is 0 Å². The fourth-order valence-electron chi connectivity index (χ4n) is 17.3. The molecule has 0 saturated heterocycles. The molecular weight excluding hydrogens is 1610 g/mol. The van der Waals surface area contributed by atoms with Gasteiger partial charge in [0.05, 0.1) is 0 Å². The van der Waals surface area contributed by atoms with Gasteiger partial charge in [-0.05, 0) is 276 Å². The molecule has 125 heavy (non-hydrogen) atoms. The third-order valence-corrected chi connectivity index (χ3v) is 49.8. The third kappa shape index (κ3) is 29.5. The molecule has 0 fully saturated rings. The van der Waals surface area contributed by atoms with Crippen LogP contribution < -0.4 is 15.6 Å². The van der Waals surface area contributed by atoms with E-state index in [0.717, 1.165) is 54.9 Å². The Hall–Kier alpha value is -8.04. The van der Waals surface area contributed by atoms with Crippen LogP contribution in [0.25, 0.3) is 27.9 Å². The Kier molecular flexibility index (Phi) is 40.7. The quantitative estimate of drug-likeness (QED) is 0.0360. The average molecular weight is 1770 g/mol. The number of aryl methyl sites for hydroxylation is 3. The van der Waals surface area contributed by atoms with Crippen LogP contribution in [-0.4, -0.2) is 139 Å². The van der Waals surface area contributed by atoms with E-state index in [1.807, 2.05) is 12.1 Å². The highest BCUT2D eigenvalue weighted by Crippen LogP contribution is 2.34. The Balaban J connectivity index is 0.000000216. The first-order chi connectivity index (χ1) is 59.3. The zero-order chi connectivity index (χ0) is 91.9. The molecule has 11 rings (SSSR count). The first-order valence-corrected chi connectivity index (χ1v) is 64.7. The second-order valence-corrected chi connectivity index (χ2v) is 65.0. The average Bonchev–Trinajstić information content (AvgIpc) is 0.723. The molecule has 0 radical (unpaired) electrons. The van der Waals surface area contributed by atoms with E-state index in [1.165, 1.54) is 182 Å². The lowest BCUT2D eigenvalue weighted by Gasteiger charge is -2.44. The van der Waals surface area contributed by atoms with Gasteiger partial charge in [0.25, 0.3) is 8.48 Å². The summed E-state index contributed by atoms with van der Waals surface area (Å²) in [4.78, 5) is 0. The van der Waals surface area contributed by atoms with Crippen LogP contribution in [0.15, 0.2) is 294 Å². The molecule has 0 amide bonds. The van der Waals surface area contributed by atoms with E-state index >= 15 is 0 Å². The zero-order valence-electron chi connectivity index (χ0n) is 82.2. The van der Waals surface area contributed by atoms with Crippen LogP contribution in [0.5, 0.6) is 0 Å². The van der Waals surface area contributed by atoms with Gasteiger partial charge in [-0.2, -0.15) is 0 Å². The van der Waals surface area contributed by atoms with Crippen LogP contribution in [-0.2, 0) is 28.8 Å². The molecule has 10 aromatic carbocycles. The smallest absolute Gasteiger partial charge is 0.291 e.